The number of benzene rings is 2. The number of carbonyl (C=O) groups is 1. The second-order valence-corrected chi connectivity index (χ2v) is 9.06. The predicted molar refractivity (Wildman–Crippen MR) is 132 cm³/mol. The molecule has 0 bridgehead atoms. The molecule has 0 spiro atoms. The molecule has 2 aromatic heterocycles. The van der Waals surface area contributed by atoms with Gasteiger partial charge in [0.05, 0.1) is 23.3 Å². The number of aryl methyl sites for hydroxylation is 2. The molecule has 1 aliphatic rings. The highest BCUT2D eigenvalue weighted by Gasteiger charge is 2.28. The summed E-state index contributed by atoms with van der Waals surface area (Å²) in [5.41, 5.74) is 3.52. The zero-order chi connectivity index (χ0) is 24.5. The fourth-order valence-corrected chi connectivity index (χ4v) is 4.44. The van der Waals surface area contributed by atoms with E-state index in [4.69, 9.17) is 4.52 Å². The molecule has 9 nitrogen and oxygen atoms in total. The fraction of sp³-hybridized carbons (Fsp3) is 0.346. The summed E-state index contributed by atoms with van der Waals surface area (Å²) >= 11 is 0. The molecule has 35 heavy (non-hydrogen) atoms. The van der Waals surface area contributed by atoms with E-state index in [9.17, 15) is 9.59 Å². The highest BCUT2D eigenvalue weighted by molar-refractivity contribution is 5.81. The van der Waals surface area contributed by atoms with Crippen molar-refractivity contribution in [1.82, 2.24) is 29.5 Å². The van der Waals surface area contributed by atoms with Gasteiger partial charge in [0.1, 0.15) is 6.54 Å². The van der Waals surface area contributed by atoms with Crippen LogP contribution in [0.1, 0.15) is 30.0 Å². The highest BCUT2D eigenvalue weighted by Crippen LogP contribution is 2.24. The van der Waals surface area contributed by atoms with Gasteiger partial charge in [-0.3, -0.25) is 19.1 Å². The minimum atomic E-state index is -0.194. The Morgan fingerprint density at radius 1 is 1.06 bits per heavy atom. The van der Waals surface area contributed by atoms with Gasteiger partial charge in [0.25, 0.3) is 5.56 Å². The molecule has 3 heterocycles. The standard InChI is InChI=1S/C26H28N6O3/c1-17-7-9-20(10-8-17)24-28-25(35-29-24)19(3)30-11-13-31(14-12-30)22(33)15-32-16-27-23-18(2)5-4-6-21(23)26(32)34/h4-10,16,19H,11-15H2,1-3H3. The Morgan fingerprint density at radius 3 is 2.54 bits per heavy atom. The fourth-order valence-electron chi connectivity index (χ4n) is 4.44. The summed E-state index contributed by atoms with van der Waals surface area (Å²) in [6.07, 6.45) is 1.47. The first-order chi connectivity index (χ1) is 16.9. The van der Waals surface area contributed by atoms with Crippen LogP contribution in [-0.4, -0.2) is 61.6 Å². The van der Waals surface area contributed by atoms with Gasteiger partial charge in [-0.1, -0.05) is 47.1 Å². The number of rotatable bonds is 5. The average molecular weight is 473 g/mol. The lowest BCUT2D eigenvalue weighted by atomic mass is 10.1. The first-order valence-electron chi connectivity index (χ1n) is 11.8. The van der Waals surface area contributed by atoms with Crippen LogP contribution in [0.5, 0.6) is 0 Å². The molecular formula is C26H28N6O3. The van der Waals surface area contributed by atoms with Crippen LogP contribution in [0, 0.1) is 13.8 Å². The summed E-state index contributed by atoms with van der Waals surface area (Å²) in [6.45, 7) is 8.46. The predicted octanol–water partition coefficient (Wildman–Crippen LogP) is 2.97. The Balaban J connectivity index is 1.21. The SMILES string of the molecule is Cc1ccc(-c2noc(C(C)N3CCN(C(=O)Cn4cnc5c(C)cccc5c4=O)CC3)n2)cc1. The third-order valence-electron chi connectivity index (χ3n) is 6.68. The number of hydrogen-bond donors (Lipinski definition) is 0. The van der Waals surface area contributed by atoms with Crippen molar-refractivity contribution in [2.24, 2.45) is 0 Å². The van der Waals surface area contributed by atoms with Gasteiger partial charge in [-0.25, -0.2) is 4.98 Å². The highest BCUT2D eigenvalue weighted by atomic mass is 16.5. The number of piperazine rings is 1. The van der Waals surface area contributed by atoms with Gasteiger partial charge in [-0.15, -0.1) is 0 Å². The number of amides is 1. The molecule has 1 saturated heterocycles. The summed E-state index contributed by atoms with van der Waals surface area (Å²) in [6, 6.07) is 13.5. The Bertz CT molecular complexity index is 1420. The van der Waals surface area contributed by atoms with Gasteiger partial charge in [0, 0.05) is 31.7 Å². The van der Waals surface area contributed by atoms with Crippen LogP contribution in [0.2, 0.25) is 0 Å². The number of fused-ring (bicyclic) bond motifs is 1. The maximum Gasteiger partial charge on any atom is 0.261 e. The lowest BCUT2D eigenvalue weighted by Gasteiger charge is -2.36. The molecule has 1 fully saturated rings. The average Bonchev–Trinajstić information content (AvgIpc) is 3.36. The second-order valence-electron chi connectivity index (χ2n) is 9.06. The molecular weight excluding hydrogens is 444 g/mol. The molecule has 1 amide bonds. The Morgan fingerprint density at radius 2 is 1.80 bits per heavy atom. The van der Waals surface area contributed by atoms with E-state index < -0.39 is 0 Å². The van der Waals surface area contributed by atoms with Crippen LogP contribution in [0.3, 0.4) is 0 Å². The largest absolute Gasteiger partial charge is 0.339 e. The number of aromatic nitrogens is 4. The molecule has 2 aromatic carbocycles. The van der Waals surface area contributed by atoms with E-state index in [1.54, 1.807) is 11.0 Å². The van der Waals surface area contributed by atoms with Crippen LogP contribution in [0.4, 0.5) is 0 Å². The van der Waals surface area contributed by atoms with E-state index in [-0.39, 0.29) is 24.1 Å². The molecule has 180 valence electrons. The van der Waals surface area contributed by atoms with Gasteiger partial charge in [0.2, 0.25) is 17.6 Å². The molecule has 5 rings (SSSR count). The topological polar surface area (TPSA) is 97.4 Å². The molecule has 1 atom stereocenters. The van der Waals surface area contributed by atoms with E-state index in [1.165, 1.54) is 16.5 Å². The summed E-state index contributed by atoms with van der Waals surface area (Å²) in [5, 5.41) is 4.67. The van der Waals surface area contributed by atoms with Gasteiger partial charge in [-0.2, -0.15) is 4.98 Å². The number of nitrogens with zero attached hydrogens (tertiary/aromatic N) is 6. The van der Waals surface area contributed by atoms with Crippen LogP contribution < -0.4 is 5.56 Å². The van der Waals surface area contributed by atoms with Crippen molar-refractivity contribution in [3.63, 3.8) is 0 Å². The Labute approximate surface area is 203 Å². The lowest BCUT2D eigenvalue weighted by molar-refractivity contribution is -0.134. The smallest absolute Gasteiger partial charge is 0.261 e. The number of carbonyl (C=O) groups excluding carboxylic acids is 1. The molecule has 9 heteroatoms. The third-order valence-corrected chi connectivity index (χ3v) is 6.68. The summed E-state index contributed by atoms with van der Waals surface area (Å²) in [4.78, 5) is 38.8. The van der Waals surface area contributed by atoms with Gasteiger partial charge >= 0.3 is 0 Å². The van der Waals surface area contributed by atoms with Crippen molar-refractivity contribution in [3.8, 4) is 11.4 Å². The second kappa shape index (κ2) is 9.42. The monoisotopic (exact) mass is 472 g/mol. The van der Waals surface area contributed by atoms with Crippen LogP contribution in [0.25, 0.3) is 22.3 Å². The maximum atomic E-state index is 12.9. The Hall–Kier alpha value is -3.85. The van der Waals surface area contributed by atoms with E-state index in [2.05, 4.69) is 20.0 Å². The minimum Gasteiger partial charge on any atom is -0.339 e. The van der Waals surface area contributed by atoms with Crippen LogP contribution >= 0.6 is 0 Å². The van der Waals surface area contributed by atoms with Crippen molar-refractivity contribution in [1.29, 1.82) is 0 Å². The molecule has 0 saturated carbocycles. The summed E-state index contributed by atoms with van der Waals surface area (Å²) in [7, 11) is 0. The van der Waals surface area contributed by atoms with Crippen LogP contribution in [-0.2, 0) is 11.3 Å². The lowest BCUT2D eigenvalue weighted by Crippen LogP contribution is -2.50. The molecule has 0 aliphatic carbocycles. The summed E-state index contributed by atoms with van der Waals surface area (Å²) in [5.74, 6) is 1.04. The van der Waals surface area contributed by atoms with Crippen molar-refractivity contribution >= 4 is 16.8 Å². The first kappa shape index (κ1) is 22.9. The quantitative estimate of drug-likeness (QED) is 0.440. The van der Waals surface area contributed by atoms with Gasteiger partial charge in [0.15, 0.2) is 0 Å². The Kier molecular flexibility index (Phi) is 6.17. The van der Waals surface area contributed by atoms with Crippen molar-refractivity contribution in [2.75, 3.05) is 26.2 Å². The summed E-state index contributed by atoms with van der Waals surface area (Å²) < 4.78 is 6.94. The van der Waals surface area contributed by atoms with Crippen LogP contribution in [0.15, 0.2) is 58.1 Å². The zero-order valence-electron chi connectivity index (χ0n) is 20.1. The molecule has 4 aromatic rings. The molecule has 1 unspecified atom stereocenters. The molecule has 0 radical (unpaired) electrons. The van der Waals surface area contributed by atoms with Crippen molar-refractivity contribution in [3.05, 3.63) is 76.2 Å². The third kappa shape index (κ3) is 4.59. The van der Waals surface area contributed by atoms with E-state index in [0.29, 0.717) is 48.8 Å². The van der Waals surface area contributed by atoms with E-state index in [0.717, 1.165) is 11.1 Å². The van der Waals surface area contributed by atoms with E-state index in [1.807, 2.05) is 57.2 Å². The normalized spacial score (nSPS) is 15.5. The first-order valence-corrected chi connectivity index (χ1v) is 11.8. The number of hydrogen-bond acceptors (Lipinski definition) is 7. The minimum absolute atomic E-state index is 0.0190. The van der Waals surface area contributed by atoms with Gasteiger partial charge < -0.3 is 9.42 Å². The van der Waals surface area contributed by atoms with Gasteiger partial charge in [-0.05, 0) is 32.4 Å². The zero-order valence-corrected chi connectivity index (χ0v) is 20.1. The van der Waals surface area contributed by atoms with Crippen molar-refractivity contribution in [2.45, 2.75) is 33.4 Å². The maximum absolute atomic E-state index is 12.9. The van der Waals surface area contributed by atoms with Crippen molar-refractivity contribution < 1.29 is 9.32 Å². The molecule has 1 aliphatic heterocycles. The van der Waals surface area contributed by atoms with E-state index >= 15 is 0 Å². The molecule has 0 N–H and O–H groups in total. The number of para-hydroxylation sites is 1.